The molecule has 5 rings (SSSR count). The van der Waals surface area contributed by atoms with Gasteiger partial charge in [-0.3, -0.25) is 14.8 Å². The van der Waals surface area contributed by atoms with E-state index in [2.05, 4.69) is 20.1 Å². The number of aromatic nitrogens is 4. The maximum atomic E-state index is 13.9. The third kappa shape index (κ3) is 4.28. The van der Waals surface area contributed by atoms with E-state index >= 15 is 0 Å². The van der Waals surface area contributed by atoms with Crippen LogP contribution in [-0.2, 0) is 6.42 Å². The van der Waals surface area contributed by atoms with Crippen LogP contribution in [0.3, 0.4) is 0 Å². The molecule has 2 aromatic carbocycles. The van der Waals surface area contributed by atoms with Crippen LogP contribution in [0.25, 0.3) is 38.8 Å². The molecular weight excluding hydrogens is 450 g/mol. The molecule has 3 aromatic heterocycles. The summed E-state index contributed by atoms with van der Waals surface area (Å²) in [4.78, 5) is 25.6. The van der Waals surface area contributed by atoms with E-state index in [0.717, 1.165) is 10.9 Å². The monoisotopic (exact) mass is 472 g/mol. The molecule has 9 heteroatoms. The Balaban J connectivity index is 1.77. The summed E-state index contributed by atoms with van der Waals surface area (Å²) in [6, 6.07) is 16.1. The lowest BCUT2D eigenvalue weighted by Gasteiger charge is -2.13. The van der Waals surface area contributed by atoms with Crippen molar-refractivity contribution >= 4 is 33.8 Å². The van der Waals surface area contributed by atoms with Gasteiger partial charge in [0, 0.05) is 48.3 Å². The third-order valence-electron chi connectivity index (χ3n) is 5.83. The topological polar surface area (TPSA) is 102 Å². The number of nitrogen functional groups attached to an aromatic ring is 1. The number of alkyl halides is 2. The quantitative estimate of drug-likeness (QED) is 0.275. The highest BCUT2D eigenvalue weighted by Crippen LogP contribution is 2.28. The number of pyridine rings is 1. The number of aromatic amines is 1. The third-order valence-corrected chi connectivity index (χ3v) is 5.83. The van der Waals surface area contributed by atoms with Crippen molar-refractivity contribution in [3.05, 3.63) is 82.4 Å². The van der Waals surface area contributed by atoms with Crippen LogP contribution in [0.15, 0.2) is 70.6 Å². The first-order valence-corrected chi connectivity index (χ1v) is 11.1. The van der Waals surface area contributed by atoms with E-state index in [1.807, 2.05) is 30.5 Å². The molecular formula is C26H22F2N6O. The highest BCUT2D eigenvalue weighted by atomic mass is 19.3. The highest BCUT2D eigenvalue weighted by molar-refractivity contribution is 5.94. The van der Waals surface area contributed by atoms with Crippen LogP contribution < -0.4 is 11.3 Å². The Morgan fingerprint density at radius 2 is 2.00 bits per heavy atom. The summed E-state index contributed by atoms with van der Waals surface area (Å²) in [7, 11) is 1.64. The fraction of sp³-hybridized carbons (Fsp3) is 0.154. The van der Waals surface area contributed by atoms with Gasteiger partial charge in [-0.1, -0.05) is 6.07 Å². The zero-order valence-electron chi connectivity index (χ0n) is 18.9. The molecule has 0 radical (unpaired) electrons. The largest absolute Gasteiger partial charge is 0.398 e. The van der Waals surface area contributed by atoms with Crippen molar-refractivity contribution in [1.29, 1.82) is 0 Å². The van der Waals surface area contributed by atoms with E-state index < -0.39 is 6.43 Å². The lowest BCUT2D eigenvalue weighted by atomic mass is 10.0. The summed E-state index contributed by atoms with van der Waals surface area (Å²) in [5.41, 5.74) is 10.6. The lowest BCUT2D eigenvalue weighted by Crippen LogP contribution is -2.24. The van der Waals surface area contributed by atoms with Gasteiger partial charge in [0.1, 0.15) is 11.0 Å². The number of aryl methyl sites for hydroxylation is 1. The number of hydrogen-bond acceptors (Lipinski definition) is 5. The Hall–Kier alpha value is -4.40. The number of nitrogens with two attached hydrogens (primary N) is 1. The van der Waals surface area contributed by atoms with Gasteiger partial charge in [0.15, 0.2) is 0 Å². The van der Waals surface area contributed by atoms with E-state index in [4.69, 9.17) is 5.73 Å². The average molecular weight is 472 g/mol. The van der Waals surface area contributed by atoms with Gasteiger partial charge in [-0.05, 0) is 65.9 Å². The van der Waals surface area contributed by atoms with Crippen molar-refractivity contribution < 1.29 is 8.78 Å². The van der Waals surface area contributed by atoms with Crippen molar-refractivity contribution in [2.24, 2.45) is 4.99 Å². The summed E-state index contributed by atoms with van der Waals surface area (Å²) in [5.74, 6) is 0. The normalized spacial score (nSPS) is 11.9. The maximum Gasteiger partial charge on any atom is 0.281 e. The van der Waals surface area contributed by atoms with Crippen molar-refractivity contribution in [3.8, 4) is 16.8 Å². The van der Waals surface area contributed by atoms with Crippen molar-refractivity contribution in [2.45, 2.75) is 19.3 Å². The number of halogens is 2. The van der Waals surface area contributed by atoms with Crippen molar-refractivity contribution in [2.75, 3.05) is 12.8 Å². The van der Waals surface area contributed by atoms with Gasteiger partial charge in [0.05, 0.1) is 11.3 Å². The molecule has 0 aliphatic rings. The van der Waals surface area contributed by atoms with Crippen LogP contribution in [0.5, 0.6) is 0 Å². The number of H-pyrrole nitrogens is 1. The van der Waals surface area contributed by atoms with Gasteiger partial charge < -0.3 is 10.7 Å². The first kappa shape index (κ1) is 22.4. The Morgan fingerprint density at radius 3 is 2.80 bits per heavy atom. The Kier molecular flexibility index (Phi) is 5.82. The van der Waals surface area contributed by atoms with Crippen LogP contribution in [0, 0.1) is 0 Å². The standard InChI is InChI=1S/C26H22F2N6O/c1-30-14-17-13-19(5-6-20(17)29)34-26(35)24(16-2-7-21-15(12-16)10-11-31-21)25-22(33-34)8-3-18(32-25)4-9-23(27)28/h2-3,5-8,10-14,23,31H,4,9,29H2,1H3. The molecule has 0 aliphatic carbocycles. The number of nitrogens with one attached hydrogen (secondary N) is 1. The van der Waals surface area contributed by atoms with E-state index in [0.29, 0.717) is 44.8 Å². The molecule has 0 fully saturated rings. The fourth-order valence-electron chi connectivity index (χ4n) is 4.10. The van der Waals surface area contributed by atoms with Gasteiger partial charge in [0.25, 0.3) is 5.56 Å². The molecule has 3 N–H and O–H groups in total. The molecule has 0 spiro atoms. The van der Waals surface area contributed by atoms with Gasteiger partial charge >= 0.3 is 0 Å². The maximum absolute atomic E-state index is 13.9. The smallest absolute Gasteiger partial charge is 0.281 e. The first-order chi connectivity index (χ1) is 16.9. The Labute approximate surface area is 199 Å². The molecule has 35 heavy (non-hydrogen) atoms. The number of fused-ring (bicyclic) bond motifs is 2. The zero-order chi connectivity index (χ0) is 24.5. The minimum atomic E-state index is -2.43. The van der Waals surface area contributed by atoms with Crippen LogP contribution in [0.1, 0.15) is 17.7 Å². The van der Waals surface area contributed by atoms with Crippen molar-refractivity contribution in [1.82, 2.24) is 19.7 Å². The minimum Gasteiger partial charge on any atom is -0.398 e. The number of nitrogens with zero attached hydrogens (tertiary/aromatic N) is 4. The summed E-state index contributed by atoms with van der Waals surface area (Å²) in [6.45, 7) is 0. The van der Waals surface area contributed by atoms with Crippen molar-refractivity contribution in [3.63, 3.8) is 0 Å². The van der Waals surface area contributed by atoms with E-state index in [1.165, 1.54) is 4.68 Å². The van der Waals surface area contributed by atoms with E-state index in [9.17, 15) is 13.6 Å². The average Bonchev–Trinajstić information content (AvgIpc) is 3.32. The number of anilines is 1. The molecule has 0 bridgehead atoms. The molecule has 0 saturated carbocycles. The zero-order valence-corrected chi connectivity index (χ0v) is 18.9. The minimum absolute atomic E-state index is 0.102. The molecule has 0 atom stereocenters. The predicted molar refractivity (Wildman–Crippen MR) is 135 cm³/mol. The van der Waals surface area contributed by atoms with Crippen LogP contribution in [0.2, 0.25) is 0 Å². The Bertz CT molecular complexity index is 1640. The van der Waals surface area contributed by atoms with Crippen LogP contribution in [-0.4, -0.2) is 39.4 Å². The molecule has 176 valence electrons. The molecule has 0 saturated heterocycles. The molecule has 7 nitrogen and oxygen atoms in total. The number of aliphatic imine (C=N–C) groups is 1. The second kappa shape index (κ2) is 9.09. The summed E-state index contributed by atoms with van der Waals surface area (Å²) >= 11 is 0. The van der Waals surface area contributed by atoms with Crippen LogP contribution in [0.4, 0.5) is 14.5 Å². The first-order valence-electron chi connectivity index (χ1n) is 11.1. The fourth-order valence-corrected chi connectivity index (χ4v) is 4.10. The second-order valence-corrected chi connectivity index (χ2v) is 8.17. The molecule has 0 aliphatic heterocycles. The summed E-state index contributed by atoms with van der Waals surface area (Å²) < 4.78 is 26.9. The number of rotatable bonds is 6. The molecule has 3 heterocycles. The van der Waals surface area contributed by atoms with Gasteiger partial charge in [-0.2, -0.15) is 9.78 Å². The lowest BCUT2D eigenvalue weighted by molar-refractivity contribution is 0.138. The summed E-state index contributed by atoms with van der Waals surface area (Å²) in [5, 5.41) is 5.48. The SMILES string of the molecule is CN=Cc1cc(-n2nc3ccc(CCC(F)F)nc3c(-c3ccc4[nH]ccc4c3)c2=O)ccc1N. The van der Waals surface area contributed by atoms with Gasteiger partial charge in [0.2, 0.25) is 6.43 Å². The second-order valence-electron chi connectivity index (χ2n) is 8.17. The van der Waals surface area contributed by atoms with E-state index in [1.54, 1.807) is 43.6 Å². The van der Waals surface area contributed by atoms with E-state index in [-0.39, 0.29) is 18.4 Å². The summed E-state index contributed by atoms with van der Waals surface area (Å²) in [6.07, 6.45) is 0.803. The van der Waals surface area contributed by atoms with Gasteiger partial charge in [-0.25, -0.2) is 8.78 Å². The molecule has 0 unspecified atom stereocenters. The molecule has 5 aromatic rings. The molecule has 0 amide bonds. The van der Waals surface area contributed by atoms with Crippen LogP contribution >= 0.6 is 0 Å². The number of hydrogen-bond donors (Lipinski definition) is 2. The number of benzene rings is 2. The Morgan fingerprint density at radius 1 is 1.14 bits per heavy atom. The highest BCUT2D eigenvalue weighted by Gasteiger charge is 2.18. The van der Waals surface area contributed by atoms with Gasteiger partial charge in [-0.15, -0.1) is 0 Å². The predicted octanol–water partition coefficient (Wildman–Crippen LogP) is 4.76.